The van der Waals surface area contributed by atoms with Gasteiger partial charge in [0.15, 0.2) is 5.82 Å². The summed E-state index contributed by atoms with van der Waals surface area (Å²) in [4.78, 5) is 8.71. The van der Waals surface area contributed by atoms with E-state index in [1.54, 1.807) is 0 Å². The molecule has 0 amide bonds. The molecular weight excluding hydrogens is 226 g/mol. The van der Waals surface area contributed by atoms with Gasteiger partial charge in [-0.2, -0.15) is 5.10 Å². The van der Waals surface area contributed by atoms with Crippen molar-refractivity contribution in [3.05, 3.63) is 35.0 Å². The Kier molecular flexibility index (Phi) is 3.72. The predicted molar refractivity (Wildman–Crippen MR) is 70.7 cm³/mol. The second kappa shape index (κ2) is 5.27. The average molecular weight is 245 g/mol. The number of hydrogen-bond donors (Lipinski definition) is 1. The lowest BCUT2D eigenvalue weighted by Crippen LogP contribution is -2.12. The minimum absolute atomic E-state index is 0.771. The molecule has 5 heteroatoms. The smallest absolute Gasteiger partial charge is 0.157 e. The fraction of sp³-hybridized carbons (Fsp3) is 0.462. The molecule has 2 rings (SSSR count). The first-order valence-electron chi connectivity index (χ1n) is 6.18. The molecule has 0 aliphatic heterocycles. The third-order valence-corrected chi connectivity index (χ3v) is 2.85. The third-order valence-electron chi connectivity index (χ3n) is 2.85. The normalized spacial score (nSPS) is 10.9. The van der Waals surface area contributed by atoms with Gasteiger partial charge in [-0.3, -0.25) is 0 Å². The molecule has 18 heavy (non-hydrogen) atoms. The van der Waals surface area contributed by atoms with Gasteiger partial charge < -0.3 is 5.32 Å². The summed E-state index contributed by atoms with van der Waals surface area (Å²) in [7, 11) is 0. The number of aryl methyl sites for hydroxylation is 2. The zero-order chi connectivity index (χ0) is 13.1. The lowest BCUT2D eigenvalue weighted by atomic mass is 10.2. The summed E-state index contributed by atoms with van der Waals surface area (Å²) in [6.07, 6.45) is 1.89. The van der Waals surface area contributed by atoms with Gasteiger partial charge in [0.1, 0.15) is 5.82 Å². The topological polar surface area (TPSA) is 55.6 Å². The molecule has 0 unspecified atom stereocenters. The van der Waals surface area contributed by atoms with Gasteiger partial charge in [-0.05, 0) is 27.3 Å². The van der Waals surface area contributed by atoms with E-state index in [4.69, 9.17) is 0 Å². The van der Waals surface area contributed by atoms with Gasteiger partial charge in [0.05, 0.1) is 6.20 Å². The molecule has 0 atom stereocenters. The average Bonchev–Trinajstić information content (AvgIpc) is 2.67. The second-order valence-electron chi connectivity index (χ2n) is 4.36. The van der Waals surface area contributed by atoms with E-state index in [1.807, 2.05) is 30.8 Å². The van der Waals surface area contributed by atoms with Crippen molar-refractivity contribution in [1.29, 1.82) is 0 Å². The lowest BCUT2D eigenvalue weighted by molar-refractivity contribution is 0.720. The molecule has 2 aromatic heterocycles. The molecular formula is C13H19N5. The highest BCUT2D eigenvalue weighted by molar-refractivity contribution is 5.29. The van der Waals surface area contributed by atoms with Crippen molar-refractivity contribution in [2.24, 2.45) is 0 Å². The Morgan fingerprint density at radius 2 is 2.00 bits per heavy atom. The quantitative estimate of drug-likeness (QED) is 0.890. The molecule has 0 aromatic carbocycles. The molecule has 0 radical (unpaired) electrons. The maximum Gasteiger partial charge on any atom is 0.157 e. The van der Waals surface area contributed by atoms with Crippen LogP contribution in [-0.2, 0) is 6.54 Å². The van der Waals surface area contributed by atoms with Crippen molar-refractivity contribution in [1.82, 2.24) is 25.1 Å². The van der Waals surface area contributed by atoms with Gasteiger partial charge in [-0.15, -0.1) is 0 Å². The molecule has 2 aromatic rings. The van der Waals surface area contributed by atoms with Crippen LogP contribution in [0.3, 0.4) is 0 Å². The SMILES string of the molecule is CCNCc1cnn(-c2cc(C)nc(C)n2)c1C. The number of nitrogens with zero attached hydrogens (tertiary/aromatic N) is 4. The zero-order valence-corrected chi connectivity index (χ0v) is 11.4. The molecule has 96 valence electrons. The Morgan fingerprint density at radius 1 is 1.22 bits per heavy atom. The minimum atomic E-state index is 0.771. The molecule has 0 aliphatic rings. The lowest BCUT2D eigenvalue weighted by Gasteiger charge is -2.06. The first-order valence-corrected chi connectivity index (χ1v) is 6.18. The van der Waals surface area contributed by atoms with E-state index in [-0.39, 0.29) is 0 Å². The van der Waals surface area contributed by atoms with Crippen molar-refractivity contribution in [2.45, 2.75) is 34.2 Å². The highest BCUT2D eigenvalue weighted by atomic mass is 15.3. The fourth-order valence-corrected chi connectivity index (χ4v) is 1.91. The Bertz CT molecular complexity index is 524. The Labute approximate surface area is 107 Å². The first-order chi connectivity index (χ1) is 8.61. The van der Waals surface area contributed by atoms with Crippen LogP contribution in [0.2, 0.25) is 0 Å². The molecule has 0 saturated heterocycles. The summed E-state index contributed by atoms with van der Waals surface area (Å²) >= 11 is 0. The van der Waals surface area contributed by atoms with E-state index in [0.29, 0.717) is 0 Å². The first kappa shape index (κ1) is 12.7. The van der Waals surface area contributed by atoms with Crippen LogP contribution in [0.1, 0.15) is 29.7 Å². The van der Waals surface area contributed by atoms with Crippen LogP contribution in [0.5, 0.6) is 0 Å². The monoisotopic (exact) mass is 245 g/mol. The van der Waals surface area contributed by atoms with Gasteiger partial charge >= 0.3 is 0 Å². The largest absolute Gasteiger partial charge is 0.313 e. The van der Waals surface area contributed by atoms with E-state index >= 15 is 0 Å². The maximum absolute atomic E-state index is 4.43. The molecule has 0 saturated carbocycles. The Morgan fingerprint density at radius 3 is 2.67 bits per heavy atom. The van der Waals surface area contributed by atoms with Gasteiger partial charge in [0.2, 0.25) is 0 Å². The van der Waals surface area contributed by atoms with E-state index in [0.717, 1.165) is 36.1 Å². The fourth-order valence-electron chi connectivity index (χ4n) is 1.91. The van der Waals surface area contributed by atoms with Crippen LogP contribution in [0, 0.1) is 20.8 Å². The standard InChI is InChI=1S/C13H19N5/c1-5-14-7-12-8-15-18(10(12)3)13-6-9(2)16-11(4)17-13/h6,8,14H,5,7H2,1-4H3. The van der Waals surface area contributed by atoms with Crippen LogP contribution in [-0.4, -0.2) is 26.3 Å². The zero-order valence-electron chi connectivity index (χ0n) is 11.4. The molecule has 5 nitrogen and oxygen atoms in total. The van der Waals surface area contributed by atoms with Crippen LogP contribution in [0.25, 0.3) is 5.82 Å². The Balaban J connectivity index is 2.36. The van der Waals surface area contributed by atoms with E-state index in [9.17, 15) is 0 Å². The molecule has 1 N–H and O–H groups in total. The number of aromatic nitrogens is 4. The van der Waals surface area contributed by atoms with Crippen molar-refractivity contribution in [3.63, 3.8) is 0 Å². The van der Waals surface area contributed by atoms with Gasteiger partial charge in [0.25, 0.3) is 0 Å². The predicted octanol–water partition coefficient (Wildman–Crippen LogP) is 1.70. The van der Waals surface area contributed by atoms with Crippen molar-refractivity contribution >= 4 is 0 Å². The van der Waals surface area contributed by atoms with Gasteiger partial charge in [-0.1, -0.05) is 6.92 Å². The third kappa shape index (κ3) is 2.56. The van der Waals surface area contributed by atoms with E-state index in [2.05, 4.69) is 34.2 Å². The number of nitrogens with one attached hydrogen (secondary N) is 1. The highest BCUT2D eigenvalue weighted by Crippen LogP contribution is 2.13. The van der Waals surface area contributed by atoms with Gasteiger partial charge in [0, 0.05) is 29.6 Å². The van der Waals surface area contributed by atoms with Crippen molar-refractivity contribution in [3.8, 4) is 5.82 Å². The molecule has 2 heterocycles. The molecule has 0 bridgehead atoms. The van der Waals surface area contributed by atoms with Crippen molar-refractivity contribution in [2.75, 3.05) is 6.54 Å². The molecule has 0 fully saturated rings. The summed E-state index contributed by atoms with van der Waals surface area (Å²) in [5.74, 6) is 1.60. The number of hydrogen-bond acceptors (Lipinski definition) is 4. The number of rotatable bonds is 4. The summed E-state index contributed by atoms with van der Waals surface area (Å²) in [5, 5.41) is 7.71. The maximum atomic E-state index is 4.43. The van der Waals surface area contributed by atoms with E-state index in [1.165, 1.54) is 5.56 Å². The van der Waals surface area contributed by atoms with Gasteiger partial charge in [-0.25, -0.2) is 14.6 Å². The molecule has 0 aliphatic carbocycles. The molecule has 0 spiro atoms. The summed E-state index contributed by atoms with van der Waals surface area (Å²) < 4.78 is 1.87. The van der Waals surface area contributed by atoms with Crippen LogP contribution >= 0.6 is 0 Å². The van der Waals surface area contributed by atoms with Crippen LogP contribution in [0.15, 0.2) is 12.3 Å². The Hall–Kier alpha value is -1.75. The van der Waals surface area contributed by atoms with Crippen LogP contribution in [0.4, 0.5) is 0 Å². The van der Waals surface area contributed by atoms with E-state index < -0.39 is 0 Å². The minimum Gasteiger partial charge on any atom is -0.313 e. The van der Waals surface area contributed by atoms with Crippen LogP contribution < -0.4 is 5.32 Å². The van der Waals surface area contributed by atoms with Crippen molar-refractivity contribution < 1.29 is 0 Å². The highest BCUT2D eigenvalue weighted by Gasteiger charge is 2.09. The summed E-state index contributed by atoms with van der Waals surface area (Å²) in [6, 6.07) is 1.95. The summed E-state index contributed by atoms with van der Waals surface area (Å²) in [6.45, 7) is 9.82. The second-order valence-corrected chi connectivity index (χ2v) is 4.36. The summed E-state index contributed by atoms with van der Waals surface area (Å²) in [5.41, 5.74) is 3.28.